The zero-order valence-electron chi connectivity index (χ0n) is 15.0. The summed E-state index contributed by atoms with van der Waals surface area (Å²) in [6, 6.07) is 7.74. The van der Waals surface area contributed by atoms with Gasteiger partial charge in [0, 0.05) is 29.8 Å². The number of carbonyl (C=O) groups excluding carboxylic acids is 1. The van der Waals surface area contributed by atoms with Crippen molar-refractivity contribution < 1.29 is 4.79 Å². The van der Waals surface area contributed by atoms with E-state index in [9.17, 15) is 4.79 Å². The molecule has 8 heteroatoms. The van der Waals surface area contributed by atoms with E-state index in [1.807, 2.05) is 35.4 Å². The number of piperidine rings is 1. The molecule has 1 aliphatic heterocycles. The van der Waals surface area contributed by atoms with Gasteiger partial charge in [0.05, 0.1) is 12.7 Å². The number of H-pyrrole nitrogens is 1. The van der Waals surface area contributed by atoms with Crippen LogP contribution in [0.4, 0.5) is 0 Å². The van der Waals surface area contributed by atoms with Gasteiger partial charge in [0.1, 0.15) is 6.33 Å². The molecule has 1 fully saturated rings. The molecule has 1 aliphatic carbocycles. The standard InChI is InChI=1S/C19H21N7O/c27-18(15-4-2-14(3-5-15)11-26-13-21-23-24-26)25-9-1-7-19(12-25)8-6-16-10-20-22-17(16)19/h2-5,10,13H,1,6-9,11-12H2,(H,20,22). The Morgan fingerprint density at radius 2 is 2.11 bits per heavy atom. The summed E-state index contributed by atoms with van der Waals surface area (Å²) in [5, 5.41) is 18.6. The number of aromatic amines is 1. The predicted octanol–water partition coefficient (Wildman–Crippen LogP) is 1.56. The maximum atomic E-state index is 13.1. The Labute approximate surface area is 156 Å². The number of benzene rings is 1. The van der Waals surface area contributed by atoms with Crippen molar-refractivity contribution in [1.82, 2.24) is 35.3 Å². The van der Waals surface area contributed by atoms with E-state index in [0.29, 0.717) is 6.54 Å². The molecule has 5 rings (SSSR count). The summed E-state index contributed by atoms with van der Waals surface area (Å²) in [6.07, 6.45) is 7.83. The van der Waals surface area contributed by atoms with E-state index in [1.165, 1.54) is 11.3 Å². The highest BCUT2D eigenvalue weighted by Crippen LogP contribution is 2.44. The van der Waals surface area contributed by atoms with Gasteiger partial charge in [-0.05, 0) is 59.4 Å². The summed E-state index contributed by atoms with van der Waals surface area (Å²) in [5.74, 6) is 0.107. The molecule has 3 aromatic rings. The molecule has 1 N–H and O–H groups in total. The fourth-order valence-electron chi connectivity index (χ4n) is 4.55. The first-order valence-electron chi connectivity index (χ1n) is 9.35. The van der Waals surface area contributed by atoms with Crippen molar-refractivity contribution in [2.24, 2.45) is 0 Å². The van der Waals surface area contributed by atoms with E-state index < -0.39 is 0 Å². The summed E-state index contributed by atoms with van der Waals surface area (Å²) >= 11 is 0. The number of tetrazole rings is 1. The van der Waals surface area contributed by atoms with Crippen molar-refractivity contribution in [3.05, 3.63) is 59.2 Å². The highest BCUT2D eigenvalue weighted by Gasteiger charge is 2.44. The van der Waals surface area contributed by atoms with Crippen LogP contribution in [0.2, 0.25) is 0 Å². The topological polar surface area (TPSA) is 92.6 Å². The number of amides is 1. The van der Waals surface area contributed by atoms with E-state index in [2.05, 4.69) is 25.7 Å². The van der Waals surface area contributed by atoms with Gasteiger partial charge in [-0.25, -0.2) is 4.68 Å². The highest BCUT2D eigenvalue weighted by molar-refractivity contribution is 5.94. The molecule has 0 radical (unpaired) electrons. The molecule has 1 aromatic carbocycles. The lowest BCUT2D eigenvalue weighted by Gasteiger charge is -2.40. The monoisotopic (exact) mass is 363 g/mol. The lowest BCUT2D eigenvalue weighted by atomic mass is 9.77. The second-order valence-electron chi connectivity index (χ2n) is 7.59. The number of aromatic nitrogens is 6. The van der Waals surface area contributed by atoms with Crippen molar-refractivity contribution in [2.75, 3.05) is 13.1 Å². The number of nitrogens with zero attached hydrogens (tertiary/aromatic N) is 6. The summed E-state index contributed by atoms with van der Waals surface area (Å²) in [5.41, 5.74) is 4.41. The Morgan fingerprint density at radius 1 is 1.22 bits per heavy atom. The molecule has 2 aliphatic rings. The number of hydrogen-bond acceptors (Lipinski definition) is 5. The number of fused-ring (bicyclic) bond motifs is 2. The lowest BCUT2D eigenvalue weighted by molar-refractivity contribution is 0.0633. The summed E-state index contributed by atoms with van der Waals surface area (Å²) < 4.78 is 1.66. The van der Waals surface area contributed by atoms with Crippen molar-refractivity contribution in [3.63, 3.8) is 0 Å². The van der Waals surface area contributed by atoms with E-state index in [4.69, 9.17) is 0 Å². The average Bonchev–Trinajstić information content (AvgIpc) is 3.43. The molecule has 1 unspecified atom stereocenters. The van der Waals surface area contributed by atoms with Crippen molar-refractivity contribution in [2.45, 2.75) is 37.6 Å². The third-order valence-electron chi connectivity index (χ3n) is 5.92. The van der Waals surface area contributed by atoms with Gasteiger partial charge in [-0.1, -0.05) is 12.1 Å². The fraction of sp³-hybridized carbons (Fsp3) is 0.421. The van der Waals surface area contributed by atoms with Crippen LogP contribution in [0, 0.1) is 0 Å². The third-order valence-corrected chi connectivity index (χ3v) is 5.92. The van der Waals surface area contributed by atoms with Gasteiger partial charge in [0.15, 0.2) is 0 Å². The van der Waals surface area contributed by atoms with Gasteiger partial charge >= 0.3 is 0 Å². The first kappa shape index (κ1) is 16.2. The van der Waals surface area contributed by atoms with Crippen LogP contribution in [0.15, 0.2) is 36.8 Å². The number of hydrogen-bond donors (Lipinski definition) is 1. The van der Waals surface area contributed by atoms with Gasteiger partial charge in [0.25, 0.3) is 5.91 Å². The SMILES string of the molecule is O=C(c1ccc(Cn2cnnn2)cc1)N1CCCC2(CCc3cn[nH]c32)C1. The predicted molar refractivity (Wildman–Crippen MR) is 97.1 cm³/mol. The fourth-order valence-corrected chi connectivity index (χ4v) is 4.55. The second kappa shape index (κ2) is 6.29. The first-order chi connectivity index (χ1) is 13.2. The largest absolute Gasteiger partial charge is 0.338 e. The van der Waals surface area contributed by atoms with Crippen molar-refractivity contribution >= 4 is 5.91 Å². The van der Waals surface area contributed by atoms with Crippen LogP contribution < -0.4 is 0 Å². The van der Waals surface area contributed by atoms with Crippen LogP contribution in [0.3, 0.4) is 0 Å². The normalized spacial score (nSPS) is 21.6. The smallest absolute Gasteiger partial charge is 0.253 e. The second-order valence-corrected chi connectivity index (χ2v) is 7.59. The molecule has 2 aromatic heterocycles. The molecule has 0 saturated carbocycles. The van der Waals surface area contributed by atoms with Gasteiger partial charge in [-0.2, -0.15) is 5.10 Å². The molecular formula is C19H21N7O. The molecule has 8 nitrogen and oxygen atoms in total. The van der Waals surface area contributed by atoms with Crippen molar-refractivity contribution in [1.29, 1.82) is 0 Å². The zero-order chi connectivity index (χ0) is 18.3. The van der Waals surface area contributed by atoms with Crippen LogP contribution in [0.25, 0.3) is 0 Å². The molecule has 3 heterocycles. The van der Waals surface area contributed by atoms with Crippen LogP contribution in [-0.2, 0) is 18.4 Å². The Hall–Kier alpha value is -3.03. The van der Waals surface area contributed by atoms with Crippen LogP contribution in [0.5, 0.6) is 0 Å². The highest BCUT2D eigenvalue weighted by atomic mass is 16.2. The number of nitrogens with one attached hydrogen (secondary N) is 1. The molecule has 1 amide bonds. The van der Waals surface area contributed by atoms with Crippen molar-refractivity contribution in [3.8, 4) is 0 Å². The summed E-state index contributed by atoms with van der Waals surface area (Å²) in [7, 11) is 0. The molecule has 1 saturated heterocycles. The first-order valence-corrected chi connectivity index (χ1v) is 9.35. The number of carbonyl (C=O) groups is 1. The zero-order valence-corrected chi connectivity index (χ0v) is 15.0. The Balaban J connectivity index is 1.32. The van der Waals surface area contributed by atoms with Crippen LogP contribution >= 0.6 is 0 Å². The minimum Gasteiger partial charge on any atom is -0.338 e. The van der Waals surface area contributed by atoms with E-state index in [-0.39, 0.29) is 11.3 Å². The quantitative estimate of drug-likeness (QED) is 0.762. The Bertz CT molecular complexity index is 947. The van der Waals surface area contributed by atoms with Crippen LogP contribution in [0.1, 0.15) is 46.4 Å². The van der Waals surface area contributed by atoms with Gasteiger partial charge in [-0.15, -0.1) is 5.10 Å². The van der Waals surface area contributed by atoms with E-state index >= 15 is 0 Å². The molecule has 1 spiro atoms. The lowest BCUT2D eigenvalue weighted by Crippen LogP contribution is -2.47. The number of likely N-dealkylation sites (tertiary alicyclic amines) is 1. The molecule has 0 bridgehead atoms. The van der Waals surface area contributed by atoms with E-state index in [0.717, 1.165) is 49.9 Å². The molecule has 27 heavy (non-hydrogen) atoms. The summed E-state index contributed by atoms with van der Waals surface area (Å²) in [6.45, 7) is 2.18. The third kappa shape index (κ3) is 2.81. The Morgan fingerprint density at radius 3 is 2.93 bits per heavy atom. The minimum absolute atomic E-state index is 0.0553. The van der Waals surface area contributed by atoms with Gasteiger partial charge in [-0.3, -0.25) is 9.89 Å². The maximum absolute atomic E-state index is 13.1. The molecule has 138 valence electrons. The summed E-state index contributed by atoms with van der Waals surface area (Å²) in [4.78, 5) is 15.1. The van der Waals surface area contributed by atoms with E-state index in [1.54, 1.807) is 11.0 Å². The van der Waals surface area contributed by atoms with Crippen LogP contribution in [-0.4, -0.2) is 54.3 Å². The maximum Gasteiger partial charge on any atom is 0.253 e. The minimum atomic E-state index is 0.0553. The molecular weight excluding hydrogens is 342 g/mol. The number of rotatable bonds is 3. The Kier molecular flexibility index (Phi) is 3.77. The number of aryl methyl sites for hydroxylation is 1. The molecule has 1 atom stereocenters. The van der Waals surface area contributed by atoms with Gasteiger partial charge < -0.3 is 4.90 Å². The van der Waals surface area contributed by atoms with Gasteiger partial charge in [0.2, 0.25) is 0 Å². The average molecular weight is 363 g/mol.